The Morgan fingerprint density at radius 3 is 2.52 bits per heavy atom. The fourth-order valence-corrected chi connectivity index (χ4v) is 3.89. The van der Waals surface area contributed by atoms with E-state index in [9.17, 15) is 18.6 Å². The first-order valence-electron chi connectivity index (χ1n) is 9.22. The van der Waals surface area contributed by atoms with E-state index in [1.807, 2.05) is 0 Å². The summed E-state index contributed by atoms with van der Waals surface area (Å²) in [5.74, 6) is -1.09. The third kappa shape index (κ3) is 6.16. The maximum Gasteiger partial charge on any atom is 0.340 e. The number of carbonyl (C=O) groups is 3. The lowest BCUT2D eigenvalue weighted by atomic mass is 9.96. The third-order valence-electron chi connectivity index (χ3n) is 4.44. The largest absolute Gasteiger partial charge is 0.449 e. The first kappa shape index (κ1) is 21.1. The van der Waals surface area contributed by atoms with E-state index in [0.717, 1.165) is 32.1 Å². The van der Waals surface area contributed by atoms with Crippen LogP contribution in [-0.2, 0) is 20.3 Å². The van der Waals surface area contributed by atoms with Crippen LogP contribution in [0.25, 0.3) is 0 Å². The van der Waals surface area contributed by atoms with Crippen molar-refractivity contribution in [2.75, 3.05) is 5.75 Å². The van der Waals surface area contributed by atoms with Crippen molar-refractivity contribution >= 4 is 28.7 Å². The average Bonchev–Trinajstić information content (AvgIpc) is 2.67. The van der Waals surface area contributed by atoms with Crippen molar-refractivity contribution in [3.8, 4) is 0 Å². The number of ether oxygens (including phenoxy) is 1. The Morgan fingerprint density at radius 1 is 1.19 bits per heavy atom. The lowest BCUT2D eigenvalue weighted by molar-refractivity contribution is -0.127. The lowest BCUT2D eigenvalue weighted by Gasteiger charge is -2.23. The molecule has 0 radical (unpaired) electrons. The quantitative estimate of drug-likeness (QED) is 0.722. The summed E-state index contributed by atoms with van der Waals surface area (Å²) in [6.45, 7) is 3.14. The Hall–Kier alpha value is -2.22. The van der Waals surface area contributed by atoms with Gasteiger partial charge in [0.25, 0.3) is 5.91 Å². The highest BCUT2D eigenvalue weighted by molar-refractivity contribution is 7.85. The van der Waals surface area contributed by atoms with Crippen molar-refractivity contribution in [1.82, 2.24) is 10.6 Å². The predicted molar refractivity (Wildman–Crippen MR) is 102 cm³/mol. The number of carbonyl (C=O) groups excluding carboxylic acids is 3. The molecule has 1 aromatic carbocycles. The van der Waals surface area contributed by atoms with Crippen LogP contribution in [0.2, 0.25) is 0 Å². The van der Waals surface area contributed by atoms with Crippen molar-refractivity contribution < 1.29 is 23.3 Å². The van der Waals surface area contributed by atoms with E-state index in [1.54, 1.807) is 25.1 Å². The van der Waals surface area contributed by atoms with Gasteiger partial charge in [-0.2, -0.15) is 0 Å². The molecular formula is C19H26N2O5S. The minimum atomic E-state index is -1.33. The van der Waals surface area contributed by atoms with Crippen molar-refractivity contribution in [1.29, 1.82) is 0 Å². The average molecular weight is 394 g/mol. The van der Waals surface area contributed by atoms with Gasteiger partial charge < -0.3 is 10.1 Å². The molecule has 1 aliphatic rings. The molecule has 2 atom stereocenters. The molecule has 27 heavy (non-hydrogen) atoms. The topological polar surface area (TPSA) is 102 Å². The summed E-state index contributed by atoms with van der Waals surface area (Å²) in [7, 11) is -1.33. The van der Waals surface area contributed by atoms with Crippen LogP contribution in [-0.4, -0.2) is 40.0 Å². The van der Waals surface area contributed by atoms with Gasteiger partial charge in [0, 0.05) is 11.8 Å². The minimum Gasteiger partial charge on any atom is -0.449 e. The van der Waals surface area contributed by atoms with E-state index in [2.05, 4.69) is 10.6 Å². The smallest absolute Gasteiger partial charge is 0.340 e. The number of rotatable bonds is 6. The van der Waals surface area contributed by atoms with Gasteiger partial charge in [0.05, 0.1) is 21.3 Å². The minimum absolute atomic E-state index is 0.0697. The van der Waals surface area contributed by atoms with Gasteiger partial charge in [-0.05, 0) is 31.9 Å². The Bertz CT molecular complexity index is 716. The van der Waals surface area contributed by atoms with Gasteiger partial charge in [0.1, 0.15) is 0 Å². The Kier molecular flexibility index (Phi) is 7.97. The number of esters is 1. The molecule has 0 saturated heterocycles. The summed E-state index contributed by atoms with van der Waals surface area (Å²) < 4.78 is 17.2. The molecule has 0 heterocycles. The van der Waals surface area contributed by atoms with Crippen molar-refractivity contribution in [2.24, 2.45) is 0 Å². The number of amides is 3. The molecule has 0 aromatic heterocycles. The lowest BCUT2D eigenvalue weighted by Crippen LogP contribution is -2.48. The molecule has 0 unspecified atom stereocenters. The number of urea groups is 1. The molecule has 7 nitrogen and oxygen atoms in total. The van der Waals surface area contributed by atoms with Crippen LogP contribution in [0.15, 0.2) is 29.2 Å². The second-order valence-electron chi connectivity index (χ2n) is 6.48. The molecule has 1 saturated carbocycles. The SMILES string of the molecule is CC[S@@](=O)c1ccccc1C(=O)O[C@H](C)C(=O)NC(=O)NC1CCCCC1. The van der Waals surface area contributed by atoms with Gasteiger partial charge in [-0.15, -0.1) is 0 Å². The zero-order chi connectivity index (χ0) is 19.8. The summed E-state index contributed by atoms with van der Waals surface area (Å²) in [5, 5.41) is 4.98. The van der Waals surface area contributed by atoms with Gasteiger partial charge in [-0.1, -0.05) is 38.3 Å². The van der Waals surface area contributed by atoms with E-state index in [0.29, 0.717) is 10.6 Å². The van der Waals surface area contributed by atoms with Crippen LogP contribution < -0.4 is 10.6 Å². The molecule has 1 aliphatic carbocycles. The number of benzene rings is 1. The normalized spacial score (nSPS) is 16.8. The highest BCUT2D eigenvalue weighted by Crippen LogP contribution is 2.17. The van der Waals surface area contributed by atoms with Gasteiger partial charge in [-0.3, -0.25) is 14.3 Å². The molecule has 0 aliphatic heterocycles. The van der Waals surface area contributed by atoms with E-state index in [4.69, 9.17) is 4.74 Å². The highest BCUT2D eigenvalue weighted by atomic mass is 32.2. The van der Waals surface area contributed by atoms with Gasteiger partial charge in [0.15, 0.2) is 6.10 Å². The molecule has 1 fully saturated rings. The summed E-state index contributed by atoms with van der Waals surface area (Å²) in [6.07, 6.45) is 3.93. The predicted octanol–water partition coefficient (Wildman–Crippen LogP) is 2.52. The summed E-state index contributed by atoms with van der Waals surface area (Å²) in [6, 6.07) is 5.91. The van der Waals surface area contributed by atoms with Crippen molar-refractivity contribution in [2.45, 2.75) is 63.0 Å². The molecular weight excluding hydrogens is 368 g/mol. The van der Waals surface area contributed by atoms with E-state index in [-0.39, 0.29) is 11.6 Å². The van der Waals surface area contributed by atoms with E-state index in [1.165, 1.54) is 13.0 Å². The van der Waals surface area contributed by atoms with Crippen LogP contribution >= 0.6 is 0 Å². The standard InChI is InChI=1S/C19H26N2O5S/c1-3-27(25)16-12-8-7-11-15(16)18(23)26-13(2)17(22)21-19(24)20-14-9-5-4-6-10-14/h7-8,11-14H,3-6,9-10H2,1-2H3,(H2,20,21,22,24)/t13-,27-/m1/s1. The molecule has 148 valence electrons. The summed E-state index contributed by atoms with van der Waals surface area (Å²) in [5.41, 5.74) is 0.156. The molecule has 3 amide bonds. The zero-order valence-electron chi connectivity index (χ0n) is 15.7. The van der Waals surface area contributed by atoms with Gasteiger partial charge in [0.2, 0.25) is 0 Å². The van der Waals surface area contributed by atoms with Gasteiger partial charge in [-0.25, -0.2) is 9.59 Å². The van der Waals surface area contributed by atoms with Crippen LogP contribution in [0.1, 0.15) is 56.3 Å². The number of nitrogens with one attached hydrogen (secondary N) is 2. The molecule has 1 aromatic rings. The summed E-state index contributed by atoms with van der Waals surface area (Å²) in [4.78, 5) is 36.8. The van der Waals surface area contributed by atoms with Crippen molar-refractivity contribution in [3.63, 3.8) is 0 Å². The van der Waals surface area contributed by atoms with Crippen LogP contribution in [0.4, 0.5) is 4.79 Å². The number of imide groups is 1. The number of hydrogen-bond acceptors (Lipinski definition) is 5. The maximum absolute atomic E-state index is 12.4. The second kappa shape index (κ2) is 10.2. The molecule has 8 heteroatoms. The maximum atomic E-state index is 12.4. The van der Waals surface area contributed by atoms with Crippen LogP contribution in [0.3, 0.4) is 0 Å². The van der Waals surface area contributed by atoms with Crippen LogP contribution in [0, 0.1) is 0 Å². The van der Waals surface area contributed by atoms with E-state index < -0.39 is 34.8 Å². The summed E-state index contributed by atoms with van der Waals surface area (Å²) >= 11 is 0. The monoisotopic (exact) mass is 394 g/mol. The molecule has 0 bridgehead atoms. The fraction of sp³-hybridized carbons (Fsp3) is 0.526. The Labute approximate surface area is 161 Å². The Morgan fingerprint density at radius 2 is 1.85 bits per heavy atom. The molecule has 0 spiro atoms. The van der Waals surface area contributed by atoms with Gasteiger partial charge >= 0.3 is 12.0 Å². The first-order valence-corrected chi connectivity index (χ1v) is 10.5. The van der Waals surface area contributed by atoms with Crippen molar-refractivity contribution in [3.05, 3.63) is 29.8 Å². The number of hydrogen-bond donors (Lipinski definition) is 2. The third-order valence-corrected chi connectivity index (χ3v) is 5.82. The van der Waals surface area contributed by atoms with E-state index >= 15 is 0 Å². The Balaban J connectivity index is 1.91. The highest BCUT2D eigenvalue weighted by Gasteiger charge is 2.24. The molecule has 2 N–H and O–H groups in total. The fourth-order valence-electron chi connectivity index (χ4n) is 2.95. The second-order valence-corrected chi connectivity index (χ2v) is 8.18. The molecule has 2 rings (SSSR count). The zero-order valence-corrected chi connectivity index (χ0v) is 16.5. The van der Waals surface area contributed by atoms with Crippen LogP contribution in [0.5, 0.6) is 0 Å². The first-order chi connectivity index (χ1) is 12.9.